The fraction of sp³-hybridized carbons (Fsp3) is 0.385. The van der Waals surface area contributed by atoms with Crippen molar-refractivity contribution >= 4 is 40.8 Å². The summed E-state index contributed by atoms with van der Waals surface area (Å²) in [6.45, 7) is 8.32. The number of carbonyl (C=O) groups excluding carboxylic acids is 3. The van der Waals surface area contributed by atoms with Gasteiger partial charge in [0.25, 0.3) is 0 Å². The van der Waals surface area contributed by atoms with Crippen LogP contribution in [0.15, 0.2) is 29.8 Å². The molecule has 1 aromatic carbocycles. The fourth-order valence-corrected chi connectivity index (χ4v) is 4.93. The highest BCUT2D eigenvalue weighted by atomic mass is 32.1. The Morgan fingerprint density at radius 3 is 2.31 bits per heavy atom. The zero-order valence-electron chi connectivity index (χ0n) is 20.1. The minimum absolute atomic E-state index is 0.0392. The van der Waals surface area contributed by atoms with Gasteiger partial charge in [-0.05, 0) is 50.1 Å². The number of anilines is 1. The molecule has 0 amide bonds. The minimum atomic E-state index is -0.610. The van der Waals surface area contributed by atoms with Gasteiger partial charge in [0.05, 0.1) is 37.6 Å². The van der Waals surface area contributed by atoms with E-state index in [0.29, 0.717) is 29.2 Å². The number of allylic oxidation sites excluding steroid dienone is 1. The van der Waals surface area contributed by atoms with Gasteiger partial charge >= 0.3 is 11.9 Å². The maximum atomic E-state index is 13.0. The lowest BCUT2D eigenvalue weighted by atomic mass is 10.0. The van der Waals surface area contributed by atoms with Crippen molar-refractivity contribution in [2.75, 3.05) is 44.4 Å². The Kier molecular flexibility index (Phi) is 9.18. The molecule has 1 aliphatic rings. The standard InChI is InChI=1S/C26H28N2O6S/c1-4-33-25(30)23-17(3)24(26(31)34-5-2)35-22(23)15-21(29)19(16-27)14-18-6-8-20(9-7-18)28-10-12-32-13-11-28/h6-9,14H,4-5,10-13,15H2,1-3H3/b19-14-. The molecule has 8 nitrogen and oxygen atoms in total. The summed E-state index contributed by atoms with van der Waals surface area (Å²) in [7, 11) is 0. The van der Waals surface area contributed by atoms with Crippen LogP contribution in [0, 0.1) is 18.3 Å². The maximum absolute atomic E-state index is 13.0. The maximum Gasteiger partial charge on any atom is 0.348 e. The predicted molar refractivity (Wildman–Crippen MR) is 133 cm³/mol. The van der Waals surface area contributed by atoms with Crippen molar-refractivity contribution in [1.29, 1.82) is 5.26 Å². The van der Waals surface area contributed by atoms with Gasteiger partial charge in [0.1, 0.15) is 10.9 Å². The van der Waals surface area contributed by atoms with E-state index in [2.05, 4.69) is 4.90 Å². The zero-order chi connectivity index (χ0) is 25.4. The molecular formula is C26H28N2O6S. The number of Topliss-reactive ketones (excluding diaryl/α,β-unsaturated/α-hetero) is 1. The number of hydrogen-bond donors (Lipinski definition) is 0. The third kappa shape index (κ3) is 6.35. The van der Waals surface area contributed by atoms with Crippen LogP contribution in [0.3, 0.4) is 0 Å². The first-order valence-corrected chi connectivity index (χ1v) is 12.2. The van der Waals surface area contributed by atoms with Crippen molar-refractivity contribution in [1.82, 2.24) is 0 Å². The van der Waals surface area contributed by atoms with Crippen molar-refractivity contribution in [2.24, 2.45) is 0 Å². The van der Waals surface area contributed by atoms with Crippen LogP contribution in [0.25, 0.3) is 6.08 Å². The first-order chi connectivity index (χ1) is 16.9. The molecule has 0 saturated carbocycles. The van der Waals surface area contributed by atoms with Crippen LogP contribution in [0.4, 0.5) is 5.69 Å². The van der Waals surface area contributed by atoms with Gasteiger partial charge in [-0.1, -0.05) is 12.1 Å². The van der Waals surface area contributed by atoms with E-state index < -0.39 is 17.7 Å². The van der Waals surface area contributed by atoms with Crippen LogP contribution < -0.4 is 4.90 Å². The Balaban J connectivity index is 1.84. The van der Waals surface area contributed by atoms with Crippen molar-refractivity contribution in [2.45, 2.75) is 27.2 Å². The molecule has 0 N–H and O–H groups in total. The fourth-order valence-electron chi connectivity index (χ4n) is 3.75. The molecule has 9 heteroatoms. The van der Waals surface area contributed by atoms with Crippen molar-refractivity contribution < 1.29 is 28.6 Å². The molecule has 0 bridgehead atoms. The van der Waals surface area contributed by atoms with Crippen LogP contribution >= 0.6 is 11.3 Å². The van der Waals surface area contributed by atoms with Gasteiger partial charge in [0, 0.05) is 30.1 Å². The molecule has 1 fully saturated rings. The van der Waals surface area contributed by atoms with E-state index in [9.17, 15) is 19.6 Å². The van der Waals surface area contributed by atoms with Crippen LogP contribution in [-0.4, -0.2) is 57.2 Å². The molecule has 0 unspecified atom stereocenters. The average Bonchev–Trinajstić information content (AvgIpc) is 3.19. The largest absolute Gasteiger partial charge is 0.462 e. The summed E-state index contributed by atoms with van der Waals surface area (Å²) in [6, 6.07) is 9.57. The highest BCUT2D eigenvalue weighted by Gasteiger charge is 2.28. The third-order valence-corrected chi connectivity index (χ3v) is 6.75. The molecule has 184 valence electrons. The number of esters is 2. The smallest absolute Gasteiger partial charge is 0.348 e. The van der Waals surface area contributed by atoms with E-state index in [-0.39, 0.29) is 35.6 Å². The number of carbonyl (C=O) groups is 3. The number of nitriles is 1. The Bertz CT molecular complexity index is 1150. The van der Waals surface area contributed by atoms with E-state index in [4.69, 9.17) is 14.2 Å². The Morgan fingerprint density at radius 1 is 1.09 bits per heavy atom. The molecule has 2 heterocycles. The number of ketones is 1. The second-order valence-corrected chi connectivity index (χ2v) is 8.86. The number of benzene rings is 1. The Morgan fingerprint density at radius 2 is 1.71 bits per heavy atom. The van der Waals surface area contributed by atoms with Gasteiger partial charge in [-0.25, -0.2) is 9.59 Å². The van der Waals surface area contributed by atoms with Crippen LogP contribution in [0.1, 0.15) is 49.9 Å². The molecule has 1 saturated heterocycles. The van der Waals surface area contributed by atoms with Gasteiger partial charge in [0.15, 0.2) is 5.78 Å². The third-order valence-electron chi connectivity index (χ3n) is 5.48. The zero-order valence-corrected chi connectivity index (χ0v) is 20.9. The number of ether oxygens (including phenoxy) is 3. The summed E-state index contributed by atoms with van der Waals surface area (Å²) < 4.78 is 15.6. The highest BCUT2D eigenvalue weighted by molar-refractivity contribution is 7.14. The summed E-state index contributed by atoms with van der Waals surface area (Å²) >= 11 is 1.02. The van der Waals surface area contributed by atoms with E-state index in [1.54, 1.807) is 20.8 Å². The van der Waals surface area contributed by atoms with Crippen molar-refractivity contribution in [3.05, 3.63) is 56.3 Å². The number of morpholine rings is 1. The topological polar surface area (TPSA) is 106 Å². The van der Waals surface area contributed by atoms with Gasteiger partial charge < -0.3 is 19.1 Å². The molecule has 35 heavy (non-hydrogen) atoms. The molecule has 0 aliphatic carbocycles. The summed E-state index contributed by atoms with van der Waals surface area (Å²) in [5, 5.41) is 9.65. The van der Waals surface area contributed by atoms with E-state index >= 15 is 0 Å². The van der Waals surface area contributed by atoms with Gasteiger partial charge in [-0.15, -0.1) is 11.3 Å². The van der Waals surface area contributed by atoms with Crippen LogP contribution in [0.2, 0.25) is 0 Å². The average molecular weight is 497 g/mol. The second-order valence-electron chi connectivity index (χ2n) is 7.76. The number of rotatable bonds is 9. The molecule has 1 aromatic heterocycles. The van der Waals surface area contributed by atoms with Gasteiger partial charge in [-0.3, -0.25) is 4.79 Å². The van der Waals surface area contributed by atoms with E-state index in [0.717, 1.165) is 30.1 Å². The molecule has 3 rings (SSSR count). The monoisotopic (exact) mass is 496 g/mol. The summed E-state index contributed by atoms with van der Waals surface area (Å²) in [5.74, 6) is -1.62. The predicted octanol–water partition coefficient (Wildman–Crippen LogP) is 3.97. The molecule has 0 radical (unpaired) electrons. The van der Waals surface area contributed by atoms with E-state index in [1.165, 1.54) is 6.08 Å². The molecule has 1 aliphatic heterocycles. The number of thiophene rings is 1. The summed E-state index contributed by atoms with van der Waals surface area (Å²) in [4.78, 5) is 40.8. The molecule has 0 atom stereocenters. The normalized spacial score (nSPS) is 13.8. The van der Waals surface area contributed by atoms with Crippen LogP contribution in [0.5, 0.6) is 0 Å². The first-order valence-electron chi connectivity index (χ1n) is 11.4. The lowest BCUT2D eigenvalue weighted by Gasteiger charge is -2.28. The SMILES string of the molecule is CCOC(=O)c1sc(CC(=O)/C(C#N)=C\c2ccc(N3CCOCC3)cc2)c(C(=O)OCC)c1C. The quantitative estimate of drug-likeness (QED) is 0.292. The Labute approximate surface area is 208 Å². The van der Waals surface area contributed by atoms with Crippen molar-refractivity contribution in [3.8, 4) is 6.07 Å². The lowest BCUT2D eigenvalue weighted by Crippen LogP contribution is -2.36. The van der Waals surface area contributed by atoms with Gasteiger partial charge in [0.2, 0.25) is 0 Å². The molecule has 2 aromatic rings. The lowest BCUT2D eigenvalue weighted by molar-refractivity contribution is -0.114. The van der Waals surface area contributed by atoms with Gasteiger partial charge in [-0.2, -0.15) is 5.26 Å². The van der Waals surface area contributed by atoms with E-state index in [1.807, 2.05) is 30.3 Å². The number of nitrogens with zero attached hydrogens (tertiary/aromatic N) is 2. The minimum Gasteiger partial charge on any atom is -0.462 e. The van der Waals surface area contributed by atoms with Crippen LogP contribution in [-0.2, 0) is 25.4 Å². The first kappa shape index (κ1) is 26.1. The summed E-state index contributed by atoms with van der Waals surface area (Å²) in [5.41, 5.74) is 2.32. The number of hydrogen-bond acceptors (Lipinski definition) is 9. The second kappa shape index (κ2) is 12.3. The van der Waals surface area contributed by atoms with Crippen molar-refractivity contribution in [3.63, 3.8) is 0 Å². The molecule has 0 spiro atoms. The summed E-state index contributed by atoms with van der Waals surface area (Å²) in [6.07, 6.45) is 1.33. The highest BCUT2D eigenvalue weighted by Crippen LogP contribution is 2.31. The Hall–Kier alpha value is -3.48. The molecular weight excluding hydrogens is 468 g/mol.